The van der Waals surface area contributed by atoms with E-state index >= 15 is 0 Å². The standard InChI is InChI=1S/C15H15ClFNO/c1-9-5-4-6-13(14(9)17)19-15-12(8-16)10(2)7-11(3)18-15/h4-7H,8H2,1-3H3. The highest BCUT2D eigenvalue weighted by Gasteiger charge is 2.13. The van der Waals surface area contributed by atoms with E-state index in [4.69, 9.17) is 16.3 Å². The van der Waals surface area contributed by atoms with Crippen molar-refractivity contribution in [1.82, 2.24) is 4.98 Å². The third-order valence-corrected chi connectivity index (χ3v) is 3.20. The first kappa shape index (κ1) is 13.8. The van der Waals surface area contributed by atoms with Crippen molar-refractivity contribution in [2.45, 2.75) is 26.7 Å². The van der Waals surface area contributed by atoms with Gasteiger partial charge in [-0.3, -0.25) is 0 Å². The van der Waals surface area contributed by atoms with E-state index < -0.39 is 0 Å². The Morgan fingerprint density at radius 1 is 1.21 bits per heavy atom. The molecule has 0 aliphatic heterocycles. The third-order valence-electron chi connectivity index (χ3n) is 2.93. The summed E-state index contributed by atoms with van der Waals surface area (Å²) < 4.78 is 19.5. The van der Waals surface area contributed by atoms with E-state index in [2.05, 4.69) is 4.98 Å². The zero-order valence-electron chi connectivity index (χ0n) is 11.1. The molecule has 0 aliphatic rings. The van der Waals surface area contributed by atoms with Gasteiger partial charge in [-0.2, -0.15) is 0 Å². The van der Waals surface area contributed by atoms with Gasteiger partial charge in [0.2, 0.25) is 5.88 Å². The maximum Gasteiger partial charge on any atom is 0.224 e. The van der Waals surface area contributed by atoms with Gasteiger partial charge in [0.05, 0.1) is 5.88 Å². The Morgan fingerprint density at radius 3 is 2.63 bits per heavy atom. The number of benzene rings is 1. The molecule has 0 N–H and O–H groups in total. The minimum atomic E-state index is -0.371. The molecule has 1 heterocycles. The number of halogens is 2. The molecule has 2 aromatic rings. The Labute approximate surface area is 117 Å². The van der Waals surface area contributed by atoms with Gasteiger partial charge in [0.1, 0.15) is 0 Å². The summed E-state index contributed by atoms with van der Waals surface area (Å²) in [6.07, 6.45) is 0. The predicted molar refractivity (Wildman–Crippen MR) is 74.5 cm³/mol. The number of aromatic nitrogens is 1. The van der Waals surface area contributed by atoms with E-state index in [-0.39, 0.29) is 17.4 Å². The number of hydrogen-bond acceptors (Lipinski definition) is 2. The van der Waals surface area contributed by atoms with Gasteiger partial charge in [-0.15, -0.1) is 11.6 Å². The summed E-state index contributed by atoms with van der Waals surface area (Å²) in [6, 6.07) is 6.95. The molecule has 0 saturated carbocycles. The molecular formula is C15H15ClFNO. The van der Waals surface area contributed by atoms with Crippen molar-refractivity contribution in [3.8, 4) is 11.6 Å². The van der Waals surface area contributed by atoms with Gasteiger partial charge < -0.3 is 4.74 Å². The Balaban J connectivity index is 2.46. The van der Waals surface area contributed by atoms with Crippen LogP contribution in [-0.4, -0.2) is 4.98 Å². The minimum Gasteiger partial charge on any atom is -0.436 e. The number of nitrogens with zero attached hydrogens (tertiary/aromatic N) is 1. The summed E-state index contributed by atoms with van der Waals surface area (Å²) >= 11 is 5.91. The average Bonchev–Trinajstić information content (AvgIpc) is 2.34. The molecule has 2 nitrogen and oxygen atoms in total. The summed E-state index contributed by atoms with van der Waals surface area (Å²) in [5.74, 6) is 0.451. The molecule has 100 valence electrons. The highest BCUT2D eigenvalue weighted by Crippen LogP contribution is 2.30. The second-order valence-corrected chi connectivity index (χ2v) is 4.75. The van der Waals surface area contributed by atoms with Gasteiger partial charge in [0.25, 0.3) is 0 Å². The fourth-order valence-corrected chi connectivity index (χ4v) is 2.20. The van der Waals surface area contributed by atoms with Crippen molar-refractivity contribution in [2.75, 3.05) is 0 Å². The Bertz CT molecular complexity index is 613. The van der Waals surface area contributed by atoms with Crippen molar-refractivity contribution in [3.63, 3.8) is 0 Å². The van der Waals surface area contributed by atoms with Crippen molar-refractivity contribution >= 4 is 11.6 Å². The lowest BCUT2D eigenvalue weighted by atomic mass is 10.1. The topological polar surface area (TPSA) is 22.1 Å². The molecule has 0 aliphatic carbocycles. The Kier molecular flexibility index (Phi) is 4.05. The van der Waals surface area contributed by atoms with Gasteiger partial charge in [-0.1, -0.05) is 12.1 Å². The molecule has 0 spiro atoms. The lowest BCUT2D eigenvalue weighted by Crippen LogP contribution is -2.00. The van der Waals surface area contributed by atoms with Crippen LogP contribution in [0.2, 0.25) is 0 Å². The molecule has 0 unspecified atom stereocenters. The van der Waals surface area contributed by atoms with E-state index in [0.717, 1.165) is 16.8 Å². The van der Waals surface area contributed by atoms with Gasteiger partial charge in [0.15, 0.2) is 11.6 Å². The molecule has 0 bridgehead atoms. The first-order valence-electron chi connectivity index (χ1n) is 5.99. The van der Waals surface area contributed by atoms with Crippen LogP contribution in [0, 0.1) is 26.6 Å². The molecular weight excluding hydrogens is 265 g/mol. The average molecular weight is 280 g/mol. The summed E-state index contributed by atoms with van der Waals surface area (Å²) in [7, 11) is 0. The maximum atomic E-state index is 13.9. The molecule has 4 heteroatoms. The molecule has 19 heavy (non-hydrogen) atoms. The van der Waals surface area contributed by atoms with Gasteiger partial charge >= 0.3 is 0 Å². The second kappa shape index (κ2) is 5.57. The summed E-state index contributed by atoms with van der Waals surface area (Å²) in [6.45, 7) is 5.50. The van der Waals surface area contributed by atoms with Crippen LogP contribution in [-0.2, 0) is 5.88 Å². The first-order chi connectivity index (χ1) is 9.02. The zero-order valence-corrected chi connectivity index (χ0v) is 11.9. The van der Waals surface area contributed by atoms with Gasteiger partial charge in [-0.05, 0) is 44.0 Å². The van der Waals surface area contributed by atoms with Crippen molar-refractivity contribution in [3.05, 3.63) is 52.5 Å². The van der Waals surface area contributed by atoms with Crippen LogP contribution in [0.25, 0.3) is 0 Å². The number of rotatable bonds is 3. The lowest BCUT2D eigenvalue weighted by Gasteiger charge is -2.13. The van der Waals surface area contributed by atoms with Gasteiger partial charge in [0, 0.05) is 11.3 Å². The largest absolute Gasteiger partial charge is 0.436 e. The molecule has 0 radical (unpaired) electrons. The first-order valence-corrected chi connectivity index (χ1v) is 6.52. The summed E-state index contributed by atoms with van der Waals surface area (Å²) in [4.78, 5) is 4.30. The number of aryl methyl sites for hydroxylation is 3. The second-order valence-electron chi connectivity index (χ2n) is 4.49. The van der Waals surface area contributed by atoms with Gasteiger partial charge in [-0.25, -0.2) is 9.37 Å². The zero-order chi connectivity index (χ0) is 14.0. The number of alkyl halides is 1. The maximum absolute atomic E-state index is 13.9. The fraction of sp³-hybridized carbons (Fsp3) is 0.267. The molecule has 1 aromatic heterocycles. The van der Waals surface area contributed by atoms with E-state index in [1.165, 1.54) is 0 Å². The number of pyridine rings is 1. The monoisotopic (exact) mass is 279 g/mol. The van der Waals surface area contributed by atoms with Crippen molar-refractivity contribution in [2.24, 2.45) is 0 Å². The Hall–Kier alpha value is -1.61. The molecule has 0 saturated heterocycles. The van der Waals surface area contributed by atoms with Crippen LogP contribution in [0.5, 0.6) is 11.6 Å². The highest BCUT2D eigenvalue weighted by atomic mass is 35.5. The van der Waals surface area contributed by atoms with Crippen LogP contribution in [0.15, 0.2) is 24.3 Å². The van der Waals surface area contributed by atoms with E-state index in [1.54, 1.807) is 25.1 Å². The smallest absolute Gasteiger partial charge is 0.224 e. The van der Waals surface area contributed by atoms with Crippen LogP contribution >= 0.6 is 11.6 Å². The van der Waals surface area contributed by atoms with E-state index in [0.29, 0.717) is 11.4 Å². The molecule has 0 atom stereocenters. The quantitative estimate of drug-likeness (QED) is 0.761. The number of hydrogen-bond donors (Lipinski definition) is 0. The predicted octanol–water partition coefficient (Wildman–Crippen LogP) is 4.68. The third kappa shape index (κ3) is 2.87. The molecule has 1 aromatic carbocycles. The van der Waals surface area contributed by atoms with E-state index in [9.17, 15) is 4.39 Å². The van der Waals surface area contributed by atoms with Crippen molar-refractivity contribution < 1.29 is 9.13 Å². The fourth-order valence-electron chi connectivity index (χ4n) is 1.88. The highest BCUT2D eigenvalue weighted by molar-refractivity contribution is 6.17. The molecule has 0 fully saturated rings. The normalized spacial score (nSPS) is 10.6. The van der Waals surface area contributed by atoms with Crippen LogP contribution in [0.3, 0.4) is 0 Å². The van der Waals surface area contributed by atoms with Crippen LogP contribution in [0.1, 0.15) is 22.4 Å². The SMILES string of the molecule is Cc1cc(C)c(CCl)c(Oc2cccc(C)c2F)n1. The van der Waals surface area contributed by atoms with Crippen LogP contribution < -0.4 is 4.74 Å². The summed E-state index contributed by atoms with van der Waals surface area (Å²) in [5, 5.41) is 0. The molecule has 2 rings (SSSR count). The molecule has 0 amide bonds. The van der Waals surface area contributed by atoms with E-state index in [1.807, 2.05) is 19.9 Å². The minimum absolute atomic E-state index is 0.170. The lowest BCUT2D eigenvalue weighted by molar-refractivity contribution is 0.421. The van der Waals surface area contributed by atoms with Crippen LogP contribution in [0.4, 0.5) is 4.39 Å². The summed E-state index contributed by atoms with van der Waals surface area (Å²) in [5.41, 5.74) is 3.13. The van der Waals surface area contributed by atoms with Crippen molar-refractivity contribution in [1.29, 1.82) is 0 Å². The number of ether oxygens (including phenoxy) is 1. The Morgan fingerprint density at radius 2 is 1.95 bits per heavy atom.